The van der Waals surface area contributed by atoms with Crippen LogP contribution < -0.4 is 16.4 Å². The highest BCUT2D eigenvalue weighted by Gasteiger charge is 2.13. The molecule has 0 aliphatic carbocycles. The number of primary amides is 1. The normalized spacial score (nSPS) is 10.2. The average Bonchev–Trinajstić information content (AvgIpc) is 2.45. The molecule has 116 valence electrons. The molecule has 0 spiro atoms. The van der Waals surface area contributed by atoms with Crippen molar-refractivity contribution in [2.45, 2.75) is 13.3 Å². The number of amides is 2. The predicted molar refractivity (Wildman–Crippen MR) is 75.3 cm³/mol. The molecule has 0 unspecified atom stereocenters. The van der Waals surface area contributed by atoms with Gasteiger partial charge in [-0.1, -0.05) is 6.92 Å². The van der Waals surface area contributed by atoms with Crippen molar-refractivity contribution >= 4 is 17.6 Å². The highest BCUT2D eigenvalue weighted by molar-refractivity contribution is 5.98. The van der Waals surface area contributed by atoms with Crippen molar-refractivity contribution in [2.24, 2.45) is 5.73 Å². The molecule has 0 saturated carbocycles. The Hall–Kier alpha value is -2.22. The minimum absolute atomic E-state index is 0.123. The maximum Gasteiger partial charge on any atom is 0.255 e. The third-order valence-electron chi connectivity index (χ3n) is 2.42. The third kappa shape index (κ3) is 6.17. The first-order valence-corrected chi connectivity index (χ1v) is 6.58. The van der Waals surface area contributed by atoms with E-state index in [1.165, 1.54) is 0 Å². The maximum atomic E-state index is 13.2. The molecule has 0 aromatic carbocycles. The van der Waals surface area contributed by atoms with Gasteiger partial charge in [0.15, 0.2) is 0 Å². The Balaban J connectivity index is 2.55. The lowest BCUT2D eigenvalue weighted by atomic mass is 10.2. The molecule has 0 atom stereocenters. The van der Waals surface area contributed by atoms with E-state index >= 15 is 0 Å². The largest absolute Gasteiger partial charge is 0.370 e. The molecule has 4 N–H and O–H groups in total. The van der Waals surface area contributed by atoms with Crippen molar-refractivity contribution in [1.82, 2.24) is 10.3 Å². The number of anilines is 1. The molecule has 0 aliphatic rings. The number of carbonyl (C=O) groups excluding carboxylic acids is 2. The second-order valence-electron chi connectivity index (χ2n) is 4.25. The van der Waals surface area contributed by atoms with Gasteiger partial charge in [0, 0.05) is 13.1 Å². The Morgan fingerprint density at radius 3 is 2.86 bits per heavy atom. The smallest absolute Gasteiger partial charge is 0.255 e. The number of nitrogens with one attached hydrogen (secondary N) is 2. The second kappa shape index (κ2) is 8.85. The van der Waals surface area contributed by atoms with E-state index in [2.05, 4.69) is 15.6 Å². The van der Waals surface area contributed by atoms with E-state index in [0.29, 0.717) is 12.4 Å². The summed E-state index contributed by atoms with van der Waals surface area (Å²) in [7, 11) is 0. The molecule has 2 amide bonds. The van der Waals surface area contributed by atoms with Crippen LogP contribution in [0.4, 0.5) is 10.2 Å². The Labute approximate surface area is 122 Å². The van der Waals surface area contributed by atoms with Gasteiger partial charge in [0.2, 0.25) is 5.91 Å². The van der Waals surface area contributed by atoms with Gasteiger partial charge in [0.25, 0.3) is 5.91 Å². The summed E-state index contributed by atoms with van der Waals surface area (Å²) in [6.07, 6.45) is 1.89. The van der Waals surface area contributed by atoms with Crippen molar-refractivity contribution in [3.8, 4) is 0 Å². The first kappa shape index (κ1) is 16.8. The van der Waals surface area contributed by atoms with Crippen molar-refractivity contribution in [2.75, 3.05) is 31.6 Å². The van der Waals surface area contributed by atoms with Gasteiger partial charge in [-0.05, 0) is 12.5 Å². The molecule has 1 aromatic rings. The van der Waals surface area contributed by atoms with Gasteiger partial charge in [-0.2, -0.15) is 0 Å². The fourth-order valence-electron chi connectivity index (χ4n) is 1.50. The first-order valence-electron chi connectivity index (χ1n) is 6.58. The number of hydrogen-bond acceptors (Lipinski definition) is 5. The zero-order valence-corrected chi connectivity index (χ0v) is 11.8. The number of rotatable bonds is 9. The fourth-order valence-corrected chi connectivity index (χ4v) is 1.50. The SMILES string of the molecule is CCCNc1ncc(F)cc1C(=O)NCCOCC(N)=O. The predicted octanol–water partition coefficient (Wildman–Crippen LogP) is 0.274. The monoisotopic (exact) mass is 298 g/mol. The third-order valence-corrected chi connectivity index (χ3v) is 2.42. The van der Waals surface area contributed by atoms with E-state index in [1.807, 2.05) is 6.92 Å². The molecule has 7 nitrogen and oxygen atoms in total. The van der Waals surface area contributed by atoms with Crippen LogP contribution in [0.2, 0.25) is 0 Å². The summed E-state index contributed by atoms with van der Waals surface area (Å²) in [6.45, 7) is 2.69. The number of carbonyl (C=O) groups is 2. The zero-order chi connectivity index (χ0) is 15.7. The van der Waals surface area contributed by atoms with E-state index in [-0.39, 0.29) is 25.3 Å². The van der Waals surface area contributed by atoms with Crippen molar-refractivity contribution in [3.05, 3.63) is 23.6 Å². The number of pyridine rings is 1. The zero-order valence-electron chi connectivity index (χ0n) is 11.8. The number of halogens is 1. The number of ether oxygens (including phenoxy) is 1. The van der Waals surface area contributed by atoms with Crippen LogP contribution in [0.3, 0.4) is 0 Å². The molecule has 0 aliphatic heterocycles. The standard InChI is InChI=1S/C13H19FN4O3/c1-2-3-16-12-10(6-9(14)7-18-12)13(20)17-4-5-21-8-11(15)19/h6-7H,2-5,8H2,1H3,(H2,15,19)(H,16,18)(H,17,20). The van der Waals surface area contributed by atoms with Crippen LogP contribution in [0.15, 0.2) is 12.3 Å². The summed E-state index contributed by atoms with van der Waals surface area (Å²) >= 11 is 0. The first-order chi connectivity index (χ1) is 10.0. The lowest BCUT2D eigenvalue weighted by Crippen LogP contribution is -2.29. The highest BCUT2D eigenvalue weighted by Crippen LogP contribution is 2.13. The van der Waals surface area contributed by atoms with Gasteiger partial charge in [-0.3, -0.25) is 9.59 Å². The molecule has 1 rings (SSSR count). The van der Waals surface area contributed by atoms with Crippen LogP contribution in [0.1, 0.15) is 23.7 Å². The summed E-state index contributed by atoms with van der Waals surface area (Å²) in [6, 6.07) is 1.12. The number of nitrogens with zero attached hydrogens (tertiary/aromatic N) is 1. The molecule has 0 fully saturated rings. The lowest BCUT2D eigenvalue weighted by Gasteiger charge is -2.11. The Morgan fingerprint density at radius 1 is 1.43 bits per heavy atom. The van der Waals surface area contributed by atoms with Crippen LogP contribution in [-0.4, -0.2) is 43.1 Å². The van der Waals surface area contributed by atoms with Crippen LogP contribution in [0, 0.1) is 5.82 Å². The summed E-state index contributed by atoms with van der Waals surface area (Å²) in [5.74, 6) is -1.31. The highest BCUT2D eigenvalue weighted by atomic mass is 19.1. The second-order valence-corrected chi connectivity index (χ2v) is 4.25. The van der Waals surface area contributed by atoms with Crippen LogP contribution >= 0.6 is 0 Å². The van der Waals surface area contributed by atoms with Gasteiger partial charge in [0.1, 0.15) is 18.2 Å². The molecular weight excluding hydrogens is 279 g/mol. The summed E-state index contributed by atoms with van der Waals surface area (Å²) in [5.41, 5.74) is 5.02. The lowest BCUT2D eigenvalue weighted by molar-refractivity contribution is -0.122. The van der Waals surface area contributed by atoms with E-state index < -0.39 is 17.6 Å². The minimum atomic E-state index is -0.591. The Bertz CT molecular complexity index is 496. The topological polar surface area (TPSA) is 106 Å². The fraction of sp³-hybridized carbons (Fsp3) is 0.462. The van der Waals surface area contributed by atoms with E-state index in [1.54, 1.807) is 0 Å². The summed E-state index contributed by atoms with van der Waals surface area (Å²) < 4.78 is 18.1. The minimum Gasteiger partial charge on any atom is -0.370 e. The van der Waals surface area contributed by atoms with Crippen molar-refractivity contribution in [1.29, 1.82) is 0 Å². The van der Waals surface area contributed by atoms with Crippen LogP contribution in [0.25, 0.3) is 0 Å². The van der Waals surface area contributed by atoms with Crippen molar-refractivity contribution < 1.29 is 18.7 Å². The van der Waals surface area contributed by atoms with Gasteiger partial charge in [-0.25, -0.2) is 9.37 Å². The molecule has 1 heterocycles. The molecule has 0 bridgehead atoms. The Kier molecular flexibility index (Phi) is 7.10. The van der Waals surface area contributed by atoms with E-state index in [4.69, 9.17) is 10.5 Å². The van der Waals surface area contributed by atoms with Gasteiger partial charge < -0.3 is 21.1 Å². The summed E-state index contributed by atoms with van der Waals surface area (Å²) in [4.78, 5) is 26.3. The number of nitrogens with two attached hydrogens (primary N) is 1. The average molecular weight is 298 g/mol. The quantitative estimate of drug-likeness (QED) is 0.568. The molecule has 1 aromatic heterocycles. The van der Waals surface area contributed by atoms with Crippen molar-refractivity contribution in [3.63, 3.8) is 0 Å². The molecule has 21 heavy (non-hydrogen) atoms. The summed E-state index contributed by atoms with van der Waals surface area (Å²) in [5, 5.41) is 5.51. The van der Waals surface area contributed by atoms with Gasteiger partial charge in [0.05, 0.1) is 18.4 Å². The van der Waals surface area contributed by atoms with Crippen LogP contribution in [0.5, 0.6) is 0 Å². The van der Waals surface area contributed by atoms with E-state index in [9.17, 15) is 14.0 Å². The number of aromatic nitrogens is 1. The maximum absolute atomic E-state index is 13.2. The molecule has 0 radical (unpaired) electrons. The van der Waals surface area contributed by atoms with Crippen LogP contribution in [-0.2, 0) is 9.53 Å². The molecule has 0 saturated heterocycles. The van der Waals surface area contributed by atoms with Gasteiger partial charge in [-0.15, -0.1) is 0 Å². The van der Waals surface area contributed by atoms with Gasteiger partial charge >= 0.3 is 0 Å². The molecule has 8 heteroatoms. The molecular formula is C13H19FN4O3. The van der Waals surface area contributed by atoms with E-state index in [0.717, 1.165) is 18.7 Å². The Morgan fingerprint density at radius 2 is 2.19 bits per heavy atom. The number of hydrogen-bond donors (Lipinski definition) is 3.